The summed E-state index contributed by atoms with van der Waals surface area (Å²) in [6.07, 6.45) is 3.69. The van der Waals surface area contributed by atoms with Crippen molar-refractivity contribution in [2.75, 3.05) is 13.1 Å². The normalized spacial score (nSPS) is 21.8. The van der Waals surface area contributed by atoms with Gasteiger partial charge in [-0.25, -0.2) is 4.68 Å². The molecule has 0 aliphatic carbocycles. The van der Waals surface area contributed by atoms with Crippen LogP contribution < -0.4 is 5.56 Å². The number of amides is 1. The summed E-state index contributed by atoms with van der Waals surface area (Å²) < 4.78 is 3.12. The summed E-state index contributed by atoms with van der Waals surface area (Å²) in [6.45, 7) is 7.89. The number of nitrogens with zero attached hydrogens (tertiary/aromatic N) is 4. The Hall–Kier alpha value is -2.11. The molecule has 1 aliphatic heterocycles. The molecule has 1 fully saturated rings. The second-order valence-corrected chi connectivity index (χ2v) is 6.74. The first-order chi connectivity index (χ1) is 11.0. The van der Waals surface area contributed by atoms with Gasteiger partial charge < -0.3 is 4.90 Å². The first-order valence-electron chi connectivity index (χ1n) is 8.34. The highest BCUT2D eigenvalue weighted by molar-refractivity contribution is 5.76. The van der Waals surface area contributed by atoms with E-state index in [1.807, 2.05) is 24.1 Å². The molecule has 2 aromatic heterocycles. The maximum absolute atomic E-state index is 12.6. The van der Waals surface area contributed by atoms with E-state index >= 15 is 0 Å². The third-order valence-corrected chi connectivity index (χ3v) is 4.54. The van der Waals surface area contributed by atoms with E-state index in [1.54, 1.807) is 10.5 Å². The highest BCUT2D eigenvalue weighted by atomic mass is 16.2. The fraction of sp³-hybridized carbons (Fsp3) is 0.588. The van der Waals surface area contributed by atoms with Crippen molar-refractivity contribution in [1.82, 2.24) is 19.1 Å². The molecule has 3 heterocycles. The van der Waals surface area contributed by atoms with Crippen molar-refractivity contribution in [1.29, 1.82) is 0 Å². The highest BCUT2D eigenvalue weighted by Gasteiger charge is 2.26. The van der Waals surface area contributed by atoms with Gasteiger partial charge in [-0.15, -0.1) is 0 Å². The SMILES string of the molecule is CCc1nn(CC(=O)N2C[C@@H](C)C[C@H](C)C2)c(=O)c2cccn12. The molecule has 0 unspecified atom stereocenters. The Bertz CT molecular complexity index is 766. The molecule has 1 amide bonds. The average molecular weight is 316 g/mol. The van der Waals surface area contributed by atoms with Gasteiger partial charge in [0.15, 0.2) is 0 Å². The molecule has 124 valence electrons. The number of hydrogen-bond donors (Lipinski definition) is 0. The fourth-order valence-electron chi connectivity index (χ4n) is 3.59. The summed E-state index contributed by atoms with van der Waals surface area (Å²) in [5.74, 6) is 1.78. The van der Waals surface area contributed by atoms with Gasteiger partial charge in [-0.3, -0.25) is 14.0 Å². The Labute approximate surface area is 135 Å². The molecule has 0 radical (unpaired) electrons. The van der Waals surface area contributed by atoms with Gasteiger partial charge in [-0.05, 0) is 30.4 Å². The number of carbonyl (C=O) groups is 1. The van der Waals surface area contributed by atoms with E-state index in [2.05, 4.69) is 18.9 Å². The first kappa shape index (κ1) is 15.8. The second-order valence-electron chi connectivity index (χ2n) is 6.74. The highest BCUT2D eigenvalue weighted by Crippen LogP contribution is 2.21. The van der Waals surface area contributed by atoms with Crippen LogP contribution >= 0.6 is 0 Å². The Morgan fingerprint density at radius 1 is 1.30 bits per heavy atom. The molecule has 3 rings (SSSR count). The lowest BCUT2D eigenvalue weighted by Gasteiger charge is -2.35. The molecule has 6 nitrogen and oxygen atoms in total. The van der Waals surface area contributed by atoms with Crippen molar-refractivity contribution in [3.8, 4) is 0 Å². The van der Waals surface area contributed by atoms with Crippen LogP contribution in [0.25, 0.3) is 5.52 Å². The maximum Gasteiger partial charge on any atom is 0.291 e. The van der Waals surface area contributed by atoms with Gasteiger partial charge >= 0.3 is 0 Å². The number of carbonyl (C=O) groups excluding carboxylic acids is 1. The summed E-state index contributed by atoms with van der Waals surface area (Å²) >= 11 is 0. The smallest absolute Gasteiger partial charge is 0.291 e. The van der Waals surface area contributed by atoms with Crippen LogP contribution in [0.15, 0.2) is 23.1 Å². The number of aryl methyl sites for hydroxylation is 1. The van der Waals surface area contributed by atoms with Crippen LogP contribution in [0.2, 0.25) is 0 Å². The average Bonchev–Trinajstić information content (AvgIpc) is 2.99. The molecule has 0 saturated carbocycles. The minimum absolute atomic E-state index is 0.0176. The number of likely N-dealkylation sites (tertiary alicyclic amines) is 1. The summed E-state index contributed by atoms with van der Waals surface area (Å²) in [4.78, 5) is 27.0. The lowest BCUT2D eigenvalue weighted by molar-refractivity contribution is -0.134. The molecule has 2 aromatic rings. The van der Waals surface area contributed by atoms with E-state index in [9.17, 15) is 9.59 Å². The van der Waals surface area contributed by atoms with Crippen LogP contribution in [0.5, 0.6) is 0 Å². The number of aromatic nitrogens is 3. The fourth-order valence-corrected chi connectivity index (χ4v) is 3.59. The van der Waals surface area contributed by atoms with Crippen LogP contribution in [-0.2, 0) is 17.8 Å². The quantitative estimate of drug-likeness (QED) is 0.863. The summed E-state index contributed by atoms with van der Waals surface area (Å²) in [6, 6.07) is 3.60. The van der Waals surface area contributed by atoms with Crippen molar-refractivity contribution in [2.45, 2.75) is 40.2 Å². The van der Waals surface area contributed by atoms with E-state index in [4.69, 9.17) is 0 Å². The Morgan fingerprint density at radius 3 is 2.65 bits per heavy atom. The summed E-state index contributed by atoms with van der Waals surface area (Å²) in [7, 11) is 0. The van der Waals surface area contributed by atoms with Gasteiger partial charge in [0.25, 0.3) is 5.56 Å². The molecule has 2 atom stereocenters. The van der Waals surface area contributed by atoms with E-state index in [-0.39, 0.29) is 18.0 Å². The lowest BCUT2D eigenvalue weighted by atomic mass is 9.92. The third kappa shape index (κ3) is 3.02. The number of fused-ring (bicyclic) bond motifs is 1. The van der Waals surface area contributed by atoms with Gasteiger partial charge in [0.1, 0.15) is 17.9 Å². The van der Waals surface area contributed by atoms with E-state index in [0.717, 1.165) is 25.3 Å². The number of rotatable bonds is 3. The van der Waals surface area contributed by atoms with Crippen molar-refractivity contribution >= 4 is 11.4 Å². The van der Waals surface area contributed by atoms with Crippen molar-refractivity contribution < 1.29 is 4.79 Å². The topological polar surface area (TPSA) is 59.6 Å². The predicted molar refractivity (Wildman–Crippen MR) is 88.4 cm³/mol. The molecule has 0 aromatic carbocycles. The van der Waals surface area contributed by atoms with Crippen molar-refractivity contribution in [3.63, 3.8) is 0 Å². The van der Waals surface area contributed by atoms with Crippen LogP contribution in [0.4, 0.5) is 0 Å². The van der Waals surface area contributed by atoms with Crippen molar-refractivity contribution in [2.24, 2.45) is 11.8 Å². The van der Waals surface area contributed by atoms with E-state index < -0.39 is 0 Å². The third-order valence-electron chi connectivity index (χ3n) is 4.54. The van der Waals surface area contributed by atoms with E-state index in [0.29, 0.717) is 23.8 Å². The van der Waals surface area contributed by atoms with Crippen LogP contribution in [0.3, 0.4) is 0 Å². The van der Waals surface area contributed by atoms with Gasteiger partial charge in [0.2, 0.25) is 5.91 Å². The molecule has 1 saturated heterocycles. The minimum atomic E-state index is -0.210. The number of hydrogen-bond acceptors (Lipinski definition) is 3. The van der Waals surface area contributed by atoms with Crippen LogP contribution in [0, 0.1) is 11.8 Å². The zero-order chi connectivity index (χ0) is 16.6. The van der Waals surface area contributed by atoms with Crippen LogP contribution in [-0.4, -0.2) is 38.1 Å². The molecular weight excluding hydrogens is 292 g/mol. The first-order valence-corrected chi connectivity index (χ1v) is 8.34. The van der Waals surface area contributed by atoms with Gasteiger partial charge in [-0.1, -0.05) is 20.8 Å². The summed E-state index contributed by atoms with van der Waals surface area (Å²) in [5, 5.41) is 4.38. The standard InChI is InChI=1S/C17H24N4O2/c1-4-15-18-21(17(23)14-6-5-7-20(14)15)11-16(22)19-9-12(2)8-13(3)10-19/h5-7,12-13H,4,8-11H2,1-3H3/t12-,13-/m0/s1. The zero-order valence-electron chi connectivity index (χ0n) is 14.0. The van der Waals surface area contributed by atoms with Crippen molar-refractivity contribution in [3.05, 3.63) is 34.5 Å². The van der Waals surface area contributed by atoms with Gasteiger partial charge in [0.05, 0.1) is 0 Å². The Kier molecular flexibility index (Phi) is 4.24. The number of piperidine rings is 1. The lowest BCUT2D eigenvalue weighted by Crippen LogP contribution is -2.45. The molecule has 6 heteroatoms. The largest absolute Gasteiger partial charge is 0.341 e. The zero-order valence-corrected chi connectivity index (χ0v) is 14.0. The molecule has 0 spiro atoms. The summed E-state index contributed by atoms with van der Waals surface area (Å²) in [5.41, 5.74) is 0.365. The van der Waals surface area contributed by atoms with Gasteiger partial charge in [-0.2, -0.15) is 5.10 Å². The molecule has 0 bridgehead atoms. The minimum Gasteiger partial charge on any atom is -0.341 e. The monoisotopic (exact) mass is 316 g/mol. The molecule has 0 N–H and O–H groups in total. The molecular formula is C17H24N4O2. The molecule has 1 aliphatic rings. The van der Waals surface area contributed by atoms with Gasteiger partial charge in [0, 0.05) is 25.7 Å². The van der Waals surface area contributed by atoms with Crippen LogP contribution in [0.1, 0.15) is 33.0 Å². The van der Waals surface area contributed by atoms with E-state index in [1.165, 1.54) is 4.68 Å². The predicted octanol–water partition coefficient (Wildman–Crippen LogP) is 1.56. The Morgan fingerprint density at radius 2 is 2.00 bits per heavy atom. The second kappa shape index (κ2) is 6.18. The maximum atomic E-state index is 12.6. The Balaban J connectivity index is 1.87. The molecule has 23 heavy (non-hydrogen) atoms.